The number of carbonyl (C=O) groups excluding carboxylic acids is 1. The Morgan fingerprint density at radius 3 is 2.73 bits per heavy atom. The third-order valence-corrected chi connectivity index (χ3v) is 1.88. The largest absolute Gasteiger partial charge is 0.398 e. The maximum absolute atomic E-state index is 10.8. The zero-order valence-corrected chi connectivity index (χ0v) is 6.55. The summed E-state index contributed by atoms with van der Waals surface area (Å²) in [5.41, 5.74) is 12.8. The van der Waals surface area contributed by atoms with Gasteiger partial charge in [-0.15, -0.1) is 0 Å². The quantitative estimate of drug-likeness (QED) is 0.572. The monoisotopic (exact) mass is 152 g/mol. The van der Waals surface area contributed by atoms with Crippen LogP contribution in [0.25, 0.3) is 0 Å². The Labute approximate surface area is 65.8 Å². The molecule has 0 saturated heterocycles. The fraction of sp³-hybridized carbons (Fsp3) is 0.375. The zero-order valence-electron chi connectivity index (χ0n) is 6.55. The molecule has 1 aliphatic rings. The molecule has 0 aromatic heterocycles. The summed E-state index contributed by atoms with van der Waals surface area (Å²) in [5.74, 6) is -0.429. The molecule has 1 rings (SSSR count). The van der Waals surface area contributed by atoms with E-state index in [2.05, 4.69) is 0 Å². The van der Waals surface area contributed by atoms with Crippen LogP contribution in [-0.4, -0.2) is 5.91 Å². The summed E-state index contributed by atoms with van der Waals surface area (Å²) >= 11 is 0. The molecule has 3 heteroatoms. The van der Waals surface area contributed by atoms with Gasteiger partial charge in [0.25, 0.3) is 0 Å². The van der Waals surface area contributed by atoms with E-state index in [4.69, 9.17) is 11.5 Å². The molecule has 0 heterocycles. The van der Waals surface area contributed by atoms with Gasteiger partial charge in [-0.1, -0.05) is 6.08 Å². The zero-order chi connectivity index (χ0) is 8.43. The number of allylic oxidation sites excluding steroid dienone is 2. The lowest BCUT2D eigenvalue weighted by atomic mass is 9.97. The van der Waals surface area contributed by atoms with E-state index in [-0.39, 0.29) is 0 Å². The van der Waals surface area contributed by atoms with Gasteiger partial charge in [0.1, 0.15) is 0 Å². The predicted molar refractivity (Wildman–Crippen MR) is 43.4 cm³/mol. The first-order valence-electron chi connectivity index (χ1n) is 3.58. The Kier molecular flexibility index (Phi) is 1.98. The molecule has 1 aliphatic carbocycles. The highest BCUT2D eigenvalue weighted by atomic mass is 16.1. The van der Waals surface area contributed by atoms with Crippen molar-refractivity contribution in [1.29, 1.82) is 0 Å². The van der Waals surface area contributed by atoms with Gasteiger partial charge in [0.2, 0.25) is 5.91 Å². The van der Waals surface area contributed by atoms with Crippen LogP contribution in [0, 0.1) is 0 Å². The first-order chi connectivity index (χ1) is 5.13. The van der Waals surface area contributed by atoms with Crippen LogP contribution in [0.15, 0.2) is 22.9 Å². The molecule has 0 bridgehead atoms. The second kappa shape index (κ2) is 2.78. The Bertz CT molecular complexity index is 251. The van der Waals surface area contributed by atoms with Crippen molar-refractivity contribution >= 4 is 5.91 Å². The second-order valence-corrected chi connectivity index (χ2v) is 2.71. The van der Waals surface area contributed by atoms with Crippen LogP contribution in [0.3, 0.4) is 0 Å². The van der Waals surface area contributed by atoms with Gasteiger partial charge in [0, 0.05) is 5.70 Å². The van der Waals surface area contributed by atoms with Gasteiger partial charge in [-0.05, 0) is 25.3 Å². The summed E-state index contributed by atoms with van der Waals surface area (Å²) in [6.45, 7) is 1.92. The molecule has 0 saturated carbocycles. The molecule has 1 amide bonds. The van der Waals surface area contributed by atoms with E-state index in [0.717, 1.165) is 18.4 Å². The van der Waals surface area contributed by atoms with Gasteiger partial charge in [-0.25, -0.2) is 0 Å². The van der Waals surface area contributed by atoms with Gasteiger partial charge in [-0.3, -0.25) is 4.79 Å². The Balaban J connectivity index is 2.98. The molecule has 0 fully saturated rings. The number of rotatable bonds is 1. The fourth-order valence-corrected chi connectivity index (χ4v) is 1.14. The van der Waals surface area contributed by atoms with Crippen LogP contribution in [-0.2, 0) is 4.79 Å². The Morgan fingerprint density at radius 2 is 2.27 bits per heavy atom. The summed E-state index contributed by atoms with van der Waals surface area (Å²) in [5, 5.41) is 0. The first kappa shape index (κ1) is 7.85. The lowest BCUT2D eigenvalue weighted by molar-refractivity contribution is -0.114. The number of amides is 1. The molecule has 60 valence electrons. The Morgan fingerprint density at radius 1 is 1.64 bits per heavy atom. The van der Waals surface area contributed by atoms with Crippen LogP contribution >= 0.6 is 0 Å². The molecule has 0 aliphatic heterocycles. The molecule has 0 atom stereocenters. The minimum atomic E-state index is -0.429. The van der Waals surface area contributed by atoms with Crippen molar-refractivity contribution in [2.24, 2.45) is 11.5 Å². The highest BCUT2D eigenvalue weighted by Gasteiger charge is 2.13. The molecule has 4 N–H and O–H groups in total. The molecule has 0 radical (unpaired) electrons. The third-order valence-electron chi connectivity index (χ3n) is 1.88. The standard InChI is InChI=1S/C8H12N2O/c1-5-3-2-4-6(7(5)9)8(10)11/h4H,2-3,9H2,1H3,(H2,10,11). The van der Waals surface area contributed by atoms with Gasteiger partial charge in [-0.2, -0.15) is 0 Å². The van der Waals surface area contributed by atoms with Crippen LogP contribution in [0.1, 0.15) is 19.8 Å². The van der Waals surface area contributed by atoms with Gasteiger partial charge in [0.05, 0.1) is 5.57 Å². The number of carbonyl (C=O) groups is 1. The maximum atomic E-state index is 10.8. The summed E-state index contributed by atoms with van der Waals surface area (Å²) in [6, 6.07) is 0. The average molecular weight is 152 g/mol. The highest BCUT2D eigenvalue weighted by molar-refractivity contribution is 5.96. The molecule has 0 aromatic rings. The minimum Gasteiger partial charge on any atom is -0.398 e. The van der Waals surface area contributed by atoms with E-state index in [1.165, 1.54) is 0 Å². The number of nitrogens with two attached hydrogens (primary N) is 2. The fourth-order valence-electron chi connectivity index (χ4n) is 1.14. The summed E-state index contributed by atoms with van der Waals surface area (Å²) < 4.78 is 0. The molecule has 0 aromatic carbocycles. The van der Waals surface area contributed by atoms with Crippen LogP contribution in [0.2, 0.25) is 0 Å². The molecule has 11 heavy (non-hydrogen) atoms. The SMILES string of the molecule is CC1=C(N)C(C(N)=O)=CCC1. The summed E-state index contributed by atoms with van der Waals surface area (Å²) in [4.78, 5) is 10.8. The van der Waals surface area contributed by atoms with Crippen LogP contribution in [0.4, 0.5) is 0 Å². The van der Waals surface area contributed by atoms with Crippen molar-refractivity contribution in [3.63, 3.8) is 0 Å². The topological polar surface area (TPSA) is 69.1 Å². The average Bonchev–Trinajstić information content (AvgIpc) is 1.94. The van der Waals surface area contributed by atoms with Crippen molar-refractivity contribution in [3.05, 3.63) is 22.9 Å². The molecular weight excluding hydrogens is 140 g/mol. The normalized spacial score (nSPS) is 18.1. The maximum Gasteiger partial charge on any atom is 0.250 e. The van der Waals surface area contributed by atoms with E-state index in [9.17, 15) is 4.79 Å². The Hall–Kier alpha value is -1.25. The summed E-state index contributed by atoms with van der Waals surface area (Å²) in [7, 11) is 0. The lowest BCUT2D eigenvalue weighted by Crippen LogP contribution is -2.21. The van der Waals surface area contributed by atoms with E-state index in [1.54, 1.807) is 6.08 Å². The highest BCUT2D eigenvalue weighted by Crippen LogP contribution is 2.20. The van der Waals surface area contributed by atoms with E-state index in [0.29, 0.717) is 11.3 Å². The van der Waals surface area contributed by atoms with E-state index in [1.807, 2.05) is 6.92 Å². The third kappa shape index (κ3) is 1.42. The number of hydrogen-bond donors (Lipinski definition) is 2. The van der Waals surface area contributed by atoms with Crippen molar-refractivity contribution in [1.82, 2.24) is 0 Å². The van der Waals surface area contributed by atoms with Gasteiger partial charge >= 0.3 is 0 Å². The minimum absolute atomic E-state index is 0.429. The van der Waals surface area contributed by atoms with Gasteiger partial charge in [0.15, 0.2) is 0 Å². The summed E-state index contributed by atoms with van der Waals surface area (Å²) in [6.07, 6.45) is 3.60. The van der Waals surface area contributed by atoms with Crippen molar-refractivity contribution in [2.45, 2.75) is 19.8 Å². The second-order valence-electron chi connectivity index (χ2n) is 2.71. The van der Waals surface area contributed by atoms with Gasteiger partial charge < -0.3 is 11.5 Å². The molecule has 0 spiro atoms. The predicted octanol–water partition coefficient (Wildman–Crippen LogP) is 0.425. The number of primary amides is 1. The number of hydrogen-bond acceptors (Lipinski definition) is 2. The van der Waals surface area contributed by atoms with E-state index >= 15 is 0 Å². The lowest BCUT2D eigenvalue weighted by Gasteiger charge is -2.13. The first-order valence-corrected chi connectivity index (χ1v) is 3.58. The van der Waals surface area contributed by atoms with Crippen LogP contribution in [0.5, 0.6) is 0 Å². The molecule has 3 nitrogen and oxygen atoms in total. The van der Waals surface area contributed by atoms with Crippen LogP contribution < -0.4 is 11.5 Å². The van der Waals surface area contributed by atoms with Crippen molar-refractivity contribution in [2.75, 3.05) is 0 Å². The van der Waals surface area contributed by atoms with Crippen molar-refractivity contribution < 1.29 is 4.79 Å². The smallest absolute Gasteiger partial charge is 0.250 e. The molecule has 0 unspecified atom stereocenters. The molecular formula is C8H12N2O. The van der Waals surface area contributed by atoms with E-state index < -0.39 is 5.91 Å². The van der Waals surface area contributed by atoms with Crippen molar-refractivity contribution in [3.8, 4) is 0 Å².